The summed E-state index contributed by atoms with van der Waals surface area (Å²) in [6, 6.07) is 69.0. The predicted molar refractivity (Wildman–Crippen MR) is 225 cm³/mol. The highest BCUT2D eigenvalue weighted by Gasteiger charge is 2.17. The van der Waals surface area contributed by atoms with Crippen molar-refractivity contribution >= 4 is 54.5 Å². The van der Waals surface area contributed by atoms with Gasteiger partial charge in [-0.15, -0.1) is 0 Å². The lowest BCUT2D eigenvalue weighted by atomic mass is 10.0. The average molecular weight is 689 g/mol. The second-order valence-electron chi connectivity index (χ2n) is 13.8. The van der Waals surface area contributed by atoms with Crippen LogP contribution in [0.15, 0.2) is 194 Å². The van der Waals surface area contributed by atoms with Crippen molar-refractivity contribution in [2.45, 2.75) is 0 Å². The number of nitrogens with zero attached hydrogens (tertiary/aromatic N) is 4. The molecule has 0 bridgehead atoms. The third kappa shape index (κ3) is 4.78. The van der Waals surface area contributed by atoms with Crippen LogP contribution in [0.25, 0.3) is 99.7 Å². The van der Waals surface area contributed by atoms with E-state index in [1.807, 2.05) is 6.07 Å². The standard InChI is InChI=1S/C50H32N4/c1-3-13-37(14-4-1)53-46-22-12-9-18-40(46)43-31-36(28-30-47(43)53)49-42-19-7-10-20-44(42)51-50(52-49)34-25-23-33(24-26-34)35-27-29-41-39-17-8-11-21-45(39)54(48(41)32-35)38-15-5-2-6-16-38/h1-32H. The summed E-state index contributed by atoms with van der Waals surface area (Å²) in [5.41, 5.74) is 13.3. The molecule has 0 aliphatic heterocycles. The normalized spacial score (nSPS) is 11.7. The van der Waals surface area contributed by atoms with Gasteiger partial charge in [-0.25, -0.2) is 9.97 Å². The molecule has 0 radical (unpaired) electrons. The maximum absolute atomic E-state index is 5.28. The van der Waals surface area contributed by atoms with E-state index in [4.69, 9.17) is 9.97 Å². The lowest BCUT2D eigenvalue weighted by molar-refractivity contribution is 1.18. The summed E-state index contributed by atoms with van der Waals surface area (Å²) in [5, 5.41) is 5.95. The first-order valence-electron chi connectivity index (χ1n) is 18.3. The van der Waals surface area contributed by atoms with Gasteiger partial charge in [0.25, 0.3) is 0 Å². The highest BCUT2D eigenvalue weighted by atomic mass is 15.0. The van der Waals surface area contributed by atoms with E-state index in [1.165, 1.54) is 43.6 Å². The van der Waals surface area contributed by atoms with Crippen molar-refractivity contribution in [1.29, 1.82) is 0 Å². The molecule has 3 aromatic heterocycles. The second kappa shape index (κ2) is 12.1. The van der Waals surface area contributed by atoms with Crippen molar-refractivity contribution in [3.63, 3.8) is 0 Å². The topological polar surface area (TPSA) is 35.6 Å². The fourth-order valence-electron chi connectivity index (χ4n) is 8.22. The van der Waals surface area contributed by atoms with E-state index in [0.717, 1.165) is 50.2 Å². The van der Waals surface area contributed by atoms with Gasteiger partial charge in [0.15, 0.2) is 5.82 Å². The van der Waals surface area contributed by atoms with E-state index in [1.54, 1.807) is 0 Å². The Morgan fingerprint density at radius 2 is 0.796 bits per heavy atom. The van der Waals surface area contributed by atoms with Gasteiger partial charge in [-0.05, 0) is 71.8 Å². The Labute approximate surface area is 311 Å². The van der Waals surface area contributed by atoms with Crippen molar-refractivity contribution in [2.24, 2.45) is 0 Å². The molecule has 4 heteroatoms. The van der Waals surface area contributed by atoms with E-state index in [9.17, 15) is 0 Å². The molecule has 11 rings (SSSR count). The summed E-state index contributed by atoms with van der Waals surface area (Å²) in [4.78, 5) is 10.4. The lowest BCUT2D eigenvalue weighted by Crippen LogP contribution is -1.96. The summed E-state index contributed by atoms with van der Waals surface area (Å²) in [6.45, 7) is 0. The summed E-state index contributed by atoms with van der Waals surface area (Å²) >= 11 is 0. The van der Waals surface area contributed by atoms with Crippen molar-refractivity contribution in [1.82, 2.24) is 19.1 Å². The van der Waals surface area contributed by atoms with Gasteiger partial charge in [-0.1, -0.05) is 133 Å². The lowest BCUT2D eigenvalue weighted by Gasteiger charge is -2.11. The molecule has 0 aliphatic rings. The summed E-state index contributed by atoms with van der Waals surface area (Å²) in [7, 11) is 0. The van der Waals surface area contributed by atoms with Crippen LogP contribution in [0.2, 0.25) is 0 Å². The Balaban J connectivity index is 1.02. The van der Waals surface area contributed by atoms with Gasteiger partial charge >= 0.3 is 0 Å². The quantitative estimate of drug-likeness (QED) is 0.180. The van der Waals surface area contributed by atoms with Gasteiger partial charge in [0.05, 0.1) is 33.3 Å². The van der Waals surface area contributed by atoms with E-state index >= 15 is 0 Å². The molecule has 0 N–H and O–H groups in total. The van der Waals surface area contributed by atoms with Crippen LogP contribution in [0.3, 0.4) is 0 Å². The molecule has 0 atom stereocenters. The van der Waals surface area contributed by atoms with Crippen LogP contribution < -0.4 is 0 Å². The Morgan fingerprint density at radius 1 is 0.296 bits per heavy atom. The number of benzene rings is 8. The third-order valence-electron chi connectivity index (χ3n) is 10.7. The van der Waals surface area contributed by atoms with Crippen molar-refractivity contribution in [2.75, 3.05) is 0 Å². The number of hydrogen-bond acceptors (Lipinski definition) is 2. The van der Waals surface area contributed by atoms with E-state index < -0.39 is 0 Å². The Bertz CT molecular complexity index is 3190. The Morgan fingerprint density at radius 3 is 1.50 bits per heavy atom. The molecular weight excluding hydrogens is 657 g/mol. The number of para-hydroxylation sites is 5. The molecule has 11 aromatic rings. The van der Waals surface area contributed by atoms with Crippen LogP contribution in [0.4, 0.5) is 0 Å². The minimum Gasteiger partial charge on any atom is -0.309 e. The van der Waals surface area contributed by atoms with Crippen LogP contribution in [0.5, 0.6) is 0 Å². The zero-order chi connectivity index (χ0) is 35.6. The van der Waals surface area contributed by atoms with Gasteiger partial charge in [-0.3, -0.25) is 0 Å². The molecule has 0 saturated carbocycles. The molecule has 8 aromatic carbocycles. The predicted octanol–water partition coefficient (Wildman–Crippen LogP) is 12.8. The number of rotatable bonds is 5. The van der Waals surface area contributed by atoms with Gasteiger partial charge < -0.3 is 9.13 Å². The number of aromatic nitrogens is 4. The highest BCUT2D eigenvalue weighted by molar-refractivity contribution is 6.12. The highest BCUT2D eigenvalue weighted by Crippen LogP contribution is 2.38. The van der Waals surface area contributed by atoms with Gasteiger partial charge in [0.2, 0.25) is 0 Å². The first-order chi connectivity index (χ1) is 26.8. The zero-order valence-electron chi connectivity index (χ0n) is 29.3. The smallest absolute Gasteiger partial charge is 0.160 e. The van der Waals surface area contributed by atoms with Gasteiger partial charge in [0, 0.05) is 49.4 Å². The molecule has 4 nitrogen and oxygen atoms in total. The van der Waals surface area contributed by atoms with Crippen molar-refractivity contribution in [3.8, 4) is 45.1 Å². The second-order valence-corrected chi connectivity index (χ2v) is 13.8. The van der Waals surface area contributed by atoms with Crippen LogP contribution in [-0.4, -0.2) is 19.1 Å². The van der Waals surface area contributed by atoms with Crippen LogP contribution in [0.1, 0.15) is 0 Å². The first-order valence-corrected chi connectivity index (χ1v) is 18.3. The number of hydrogen-bond donors (Lipinski definition) is 0. The molecular formula is C50H32N4. The maximum atomic E-state index is 5.28. The summed E-state index contributed by atoms with van der Waals surface area (Å²) in [5.74, 6) is 0.710. The average Bonchev–Trinajstić information content (AvgIpc) is 3.76. The zero-order valence-corrected chi connectivity index (χ0v) is 29.3. The van der Waals surface area contributed by atoms with Crippen LogP contribution >= 0.6 is 0 Å². The van der Waals surface area contributed by atoms with Crippen LogP contribution in [-0.2, 0) is 0 Å². The van der Waals surface area contributed by atoms with Crippen molar-refractivity contribution < 1.29 is 0 Å². The molecule has 0 amide bonds. The Kier molecular flexibility index (Phi) is 6.82. The summed E-state index contributed by atoms with van der Waals surface area (Å²) < 4.78 is 4.71. The number of fused-ring (bicyclic) bond motifs is 7. The van der Waals surface area contributed by atoms with E-state index in [2.05, 4.69) is 197 Å². The Hall–Kier alpha value is -7.30. The first kappa shape index (κ1) is 30.3. The molecule has 0 fully saturated rings. The largest absolute Gasteiger partial charge is 0.309 e. The summed E-state index contributed by atoms with van der Waals surface area (Å²) in [6.07, 6.45) is 0. The molecule has 0 aliphatic carbocycles. The van der Waals surface area contributed by atoms with Crippen molar-refractivity contribution in [3.05, 3.63) is 194 Å². The van der Waals surface area contributed by atoms with Gasteiger partial charge in [0.1, 0.15) is 0 Å². The molecule has 252 valence electrons. The van der Waals surface area contributed by atoms with E-state index in [-0.39, 0.29) is 0 Å². The van der Waals surface area contributed by atoms with Gasteiger partial charge in [-0.2, -0.15) is 0 Å². The minimum atomic E-state index is 0.710. The molecule has 3 heterocycles. The van der Waals surface area contributed by atoms with Crippen LogP contribution in [0, 0.1) is 0 Å². The minimum absolute atomic E-state index is 0.710. The molecule has 0 saturated heterocycles. The fraction of sp³-hybridized carbons (Fsp3) is 0. The molecule has 0 unspecified atom stereocenters. The molecule has 54 heavy (non-hydrogen) atoms. The maximum Gasteiger partial charge on any atom is 0.160 e. The van der Waals surface area contributed by atoms with E-state index in [0.29, 0.717) is 5.82 Å². The third-order valence-corrected chi connectivity index (χ3v) is 10.7. The SMILES string of the molecule is c1ccc(-n2c3ccccc3c3cc(-c4nc(-c5ccc(-c6ccc7c8ccccc8n(-c8ccccc8)c7c6)cc5)nc5ccccc45)ccc32)cc1. The fourth-order valence-corrected chi connectivity index (χ4v) is 8.22. The monoisotopic (exact) mass is 688 g/mol. The molecule has 0 spiro atoms.